The van der Waals surface area contributed by atoms with Gasteiger partial charge in [-0.25, -0.2) is 8.42 Å². The standard InChI is InChI=1S/C29H26ClN3O4S/c1-38(36,37)33(25-11-7-10-24(30)18-25)20-22-14-16-23(17-15-22)28(34)32-27-13-6-5-12-26(27)29(35)31-19-21-8-3-2-4-9-21/h2-18H,19-20H2,1H3,(H,31,35)(H,32,34). The minimum atomic E-state index is -3.58. The zero-order chi connectivity index (χ0) is 27.1. The molecule has 0 spiro atoms. The van der Waals surface area contributed by atoms with Gasteiger partial charge in [-0.15, -0.1) is 0 Å². The van der Waals surface area contributed by atoms with Crippen LogP contribution in [-0.2, 0) is 23.1 Å². The third-order valence-electron chi connectivity index (χ3n) is 5.75. The Kier molecular flexibility index (Phi) is 8.45. The molecule has 0 saturated carbocycles. The van der Waals surface area contributed by atoms with E-state index in [4.69, 9.17) is 11.6 Å². The van der Waals surface area contributed by atoms with Gasteiger partial charge in [0.05, 0.1) is 29.7 Å². The molecule has 0 atom stereocenters. The molecule has 0 saturated heterocycles. The summed E-state index contributed by atoms with van der Waals surface area (Å²) in [5, 5.41) is 6.10. The van der Waals surface area contributed by atoms with Gasteiger partial charge in [-0.2, -0.15) is 0 Å². The average Bonchev–Trinajstić information content (AvgIpc) is 2.91. The van der Waals surface area contributed by atoms with Crippen molar-refractivity contribution in [3.8, 4) is 0 Å². The van der Waals surface area contributed by atoms with Crippen LogP contribution in [0.1, 0.15) is 31.8 Å². The Morgan fingerprint density at radius 3 is 2.16 bits per heavy atom. The maximum atomic E-state index is 13.0. The fourth-order valence-electron chi connectivity index (χ4n) is 3.82. The molecule has 9 heteroatoms. The van der Waals surface area contributed by atoms with Crippen LogP contribution in [0.15, 0.2) is 103 Å². The number of para-hydroxylation sites is 1. The van der Waals surface area contributed by atoms with Crippen LogP contribution in [0, 0.1) is 0 Å². The molecule has 7 nitrogen and oxygen atoms in total. The molecule has 0 aromatic heterocycles. The Bertz CT molecular complexity index is 1540. The SMILES string of the molecule is CS(=O)(=O)N(Cc1ccc(C(=O)Nc2ccccc2C(=O)NCc2ccccc2)cc1)c1cccc(Cl)c1. The first-order chi connectivity index (χ1) is 18.2. The van der Waals surface area contributed by atoms with Gasteiger partial charge in [-0.1, -0.05) is 72.3 Å². The second kappa shape index (κ2) is 11.9. The van der Waals surface area contributed by atoms with Gasteiger partial charge in [0.1, 0.15) is 0 Å². The van der Waals surface area contributed by atoms with E-state index in [0.717, 1.165) is 11.8 Å². The van der Waals surface area contributed by atoms with Crippen molar-refractivity contribution in [1.82, 2.24) is 5.32 Å². The van der Waals surface area contributed by atoms with Crippen molar-refractivity contribution in [3.05, 3.63) is 130 Å². The van der Waals surface area contributed by atoms with Crippen molar-refractivity contribution in [2.24, 2.45) is 0 Å². The summed E-state index contributed by atoms with van der Waals surface area (Å²) >= 11 is 6.05. The van der Waals surface area contributed by atoms with Gasteiger partial charge in [-0.05, 0) is 53.6 Å². The highest BCUT2D eigenvalue weighted by Gasteiger charge is 2.19. The smallest absolute Gasteiger partial charge is 0.255 e. The number of halogens is 1. The first kappa shape index (κ1) is 26.9. The van der Waals surface area contributed by atoms with Crippen LogP contribution in [0.2, 0.25) is 5.02 Å². The number of nitrogens with one attached hydrogen (secondary N) is 2. The van der Waals surface area contributed by atoms with Crippen LogP contribution < -0.4 is 14.9 Å². The molecule has 0 unspecified atom stereocenters. The molecule has 0 heterocycles. The predicted octanol–water partition coefficient (Wildman–Crippen LogP) is 5.49. The third kappa shape index (κ3) is 7.00. The molecule has 0 radical (unpaired) electrons. The summed E-state index contributed by atoms with van der Waals surface area (Å²) in [6.07, 6.45) is 1.13. The summed E-state index contributed by atoms with van der Waals surface area (Å²) in [7, 11) is -3.58. The van der Waals surface area contributed by atoms with Crippen molar-refractivity contribution < 1.29 is 18.0 Å². The lowest BCUT2D eigenvalue weighted by Crippen LogP contribution is -2.29. The van der Waals surface area contributed by atoms with E-state index in [0.29, 0.717) is 39.6 Å². The van der Waals surface area contributed by atoms with Crippen molar-refractivity contribution >= 4 is 44.8 Å². The summed E-state index contributed by atoms with van der Waals surface area (Å²) < 4.78 is 26.1. The lowest BCUT2D eigenvalue weighted by molar-refractivity contribution is 0.0951. The van der Waals surface area contributed by atoms with Gasteiger partial charge in [0, 0.05) is 17.1 Å². The molecular weight excluding hydrogens is 522 g/mol. The molecule has 0 aliphatic rings. The summed E-state index contributed by atoms with van der Waals surface area (Å²) in [5.41, 5.74) is 3.20. The molecule has 0 aliphatic carbocycles. The van der Waals surface area contributed by atoms with E-state index < -0.39 is 15.9 Å². The van der Waals surface area contributed by atoms with Crippen LogP contribution in [0.3, 0.4) is 0 Å². The molecule has 0 fully saturated rings. The zero-order valence-corrected chi connectivity index (χ0v) is 22.2. The second-order valence-corrected chi connectivity index (χ2v) is 11.0. The van der Waals surface area contributed by atoms with E-state index in [1.807, 2.05) is 30.3 Å². The summed E-state index contributed by atoms with van der Waals surface area (Å²) in [6.45, 7) is 0.439. The molecular formula is C29H26ClN3O4S. The molecule has 2 N–H and O–H groups in total. The predicted molar refractivity (Wildman–Crippen MR) is 151 cm³/mol. The topological polar surface area (TPSA) is 95.6 Å². The molecule has 0 aliphatic heterocycles. The molecule has 194 valence electrons. The zero-order valence-electron chi connectivity index (χ0n) is 20.6. The minimum Gasteiger partial charge on any atom is -0.348 e. The minimum absolute atomic E-state index is 0.0749. The number of benzene rings is 4. The molecule has 4 aromatic carbocycles. The number of carbonyl (C=O) groups is 2. The average molecular weight is 548 g/mol. The fraction of sp³-hybridized carbons (Fsp3) is 0.103. The van der Waals surface area contributed by atoms with E-state index >= 15 is 0 Å². The highest BCUT2D eigenvalue weighted by Crippen LogP contribution is 2.24. The summed E-state index contributed by atoms with van der Waals surface area (Å²) in [4.78, 5) is 25.8. The Morgan fingerprint density at radius 2 is 1.47 bits per heavy atom. The first-order valence-corrected chi connectivity index (χ1v) is 14.0. The van der Waals surface area contributed by atoms with Crippen LogP contribution >= 0.6 is 11.6 Å². The highest BCUT2D eigenvalue weighted by molar-refractivity contribution is 7.92. The number of rotatable bonds is 9. The number of hydrogen-bond acceptors (Lipinski definition) is 4. The maximum absolute atomic E-state index is 13.0. The van der Waals surface area contributed by atoms with Crippen molar-refractivity contribution in [3.63, 3.8) is 0 Å². The quantitative estimate of drug-likeness (QED) is 0.290. The van der Waals surface area contributed by atoms with E-state index in [1.165, 1.54) is 4.31 Å². The third-order valence-corrected chi connectivity index (χ3v) is 7.13. The molecule has 38 heavy (non-hydrogen) atoms. The monoisotopic (exact) mass is 547 g/mol. The van der Waals surface area contributed by atoms with Gasteiger partial charge in [0.15, 0.2) is 0 Å². The number of carbonyl (C=O) groups excluding carboxylic acids is 2. The van der Waals surface area contributed by atoms with E-state index in [9.17, 15) is 18.0 Å². The van der Waals surface area contributed by atoms with Crippen molar-refractivity contribution in [2.75, 3.05) is 15.9 Å². The number of amides is 2. The maximum Gasteiger partial charge on any atom is 0.255 e. The Morgan fingerprint density at radius 1 is 0.789 bits per heavy atom. The van der Waals surface area contributed by atoms with Gasteiger partial charge in [-0.3, -0.25) is 13.9 Å². The highest BCUT2D eigenvalue weighted by atomic mass is 35.5. The van der Waals surface area contributed by atoms with Gasteiger partial charge in [0.25, 0.3) is 11.8 Å². The van der Waals surface area contributed by atoms with Crippen LogP contribution in [-0.4, -0.2) is 26.5 Å². The molecule has 2 amide bonds. The fourth-order valence-corrected chi connectivity index (χ4v) is 4.88. The van der Waals surface area contributed by atoms with Crippen molar-refractivity contribution in [2.45, 2.75) is 13.1 Å². The van der Waals surface area contributed by atoms with Gasteiger partial charge in [0.2, 0.25) is 10.0 Å². The number of anilines is 2. The second-order valence-electron chi connectivity index (χ2n) is 8.61. The Balaban J connectivity index is 1.45. The summed E-state index contributed by atoms with van der Waals surface area (Å²) in [5.74, 6) is -0.698. The number of nitrogens with zero attached hydrogens (tertiary/aromatic N) is 1. The van der Waals surface area contributed by atoms with E-state index in [-0.39, 0.29) is 12.5 Å². The number of sulfonamides is 1. The Hall–Kier alpha value is -4.14. The van der Waals surface area contributed by atoms with Gasteiger partial charge < -0.3 is 10.6 Å². The lowest BCUT2D eigenvalue weighted by atomic mass is 10.1. The Labute approximate surface area is 227 Å². The van der Waals surface area contributed by atoms with Crippen LogP contribution in [0.5, 0.6) is 0 Å². The normalized spacial score (nSPS) is 11.0. The molecule has 4 rings (SSSR count). The van der Waals surface area contributed by atoms with Gasteiger partial charge >= 0.3 is 0 Å². The van der Waals surface area contributed by atoms with E-state index in [2.05, 4.69) is 10.6 Å². The van der Waals surface area contributed by atoms with Crippen LogP contribution in [0.4, 0.5) is 11.4 Å². The van der Waals surface area contributed by atoms with Crippen molar-refractivity contribution in [1.29, 1.82) is 0 Å². The van der Waals surface area contributed by atoms with E-state index in [1.54, 1.807) is 72.8 Å². The molecule has 0 bridgehead atoms. The first-order valence-electron chi connectivity index (χ1n) is 11.8. The largest absolute Gasteiger partial charge is 0.348 e. The number of hydrogen-bond donors (Lipinski definition) is 2. The molecule has 4 aromatic rings. The summed E-state index contributed by atoms with van der Waals surface area (Å²) in [6, 6.07) is 29.5. The lowest BCUT2D eigenvalue weighted by Gasteiger charge is -2.22. The van der Waals surface area contributed by atoms with Crippen LogP contribution in [0.25, 0.3) is 0 Å².